The molecule has 0 aromatic rings. The molecule has 0 radical (unpaired) electrons. The van der Waals surface area contributed by atoms with Crippen molar-refractivity contribution >= 4 is 0 Å². The van der Waals surface area contributed by atoms with Gasteiger partial charge in [0, 0.05) is 10.8 Å². The smallest absolute Gasteiger partial charge is 0.0240 e. The molecule has 0 rings (SSSR count). The lowest BCUT2D eigenvalue weighted by Crippen LogP contribution is -2.00. The average Bonchev–Trinajstić information content (AvgIpc) is 1.76. The first-order valence-electron chi connectivity index (χ1n) is 4.25. The van der Waals surface area contributed by atoms with E-state index in [-0.39, 0.29) is 10.8 Å². The molecule has 0 aromatic heterocycles. The molecule has 0 unspecified atom stereocenters. The fourth-order valence-corrected chi connectivity index (χ4v) is 0.438. The Balaban J connectivity index is 4.27. The highest BCUT2D eigenvalue weighted by molar-refractivity contribution is 5.29. The molecular weight excluding hydrogens is 144 g/mol. The van der Waals surface area contributed by atoms with Crippen LogP contribution in [0.3, 0.4) is 0 Å². The summed E-state index contributed by atoms with van der Waals surface area (Å²) in [6.07, 6.45) is 0. The minimum absolute atomic E-state index is 0.0621. The summed E-state index contributed by atoms with van der Waals surface area (Å²) in [7, 11) is 0. The molecule has 0 aliphatic carbocycles. The number of rotatable bonds is 0. The summed E-state index contributed by atoms with van der Waals surface area (Å²) in [6, 6.07) is 0. The maximum atomic E-state index is 3.07. The summed E-state index contributed by atoms with van der Waals surface area (Å²) in [4.78, 5) is 0. The molecule has 0 aliphatic heterocycles. The van der Waals surface area contributed by atoms with E-state index < -0.39 is 0 Å². The van der Waals surface area contributed by atoms with E-state index in [9.17, 15) is 0 Å². The summed E-state index contributed by atoms with van der Waals surface area (Å²) in [5, 5.41) is 0. The Morgan fingerprint density at radius 1 is 0.583 bits per heavy atom. The number of hydrogen-bond donors (Lipinski definition) is 0. The van der Waals surface area contributed by atoms with Gasteiger partial charge in [-0.2, -0.15) is 0 Å². The zero-order valence-corrected chi connectivity index (χ0v) is 9.00. The maximum absolute atomic E-state index is 3.07. The molecule has 0 saturated carbocycles. The van der Waals surface area contributed by atoms with E-state index in [2.05, 4.69) is 65.2 Å². The van der Waals surface area contributed by atoms with Gasteiger partial charge in [-0.1, -0.05) is 11.8 Å². The third kappa shape index (κ3) is 9.12. The zero-order chi connectivity index (χ0) is 9.83. The molecule has 0 heteroatoms. The van der Waals surface area contributed by atoms with E-state index >= 15 is 0 Å². The van der Waals surface area contributed by atoms with Crippen molar-refractivity contribution in [2.24, 2.45) is 10.8 Å². The molecule has 0 heterocycles. The lowest BCUT2D eigenvalue weighted by Gasteiger charge is -2.06. The Hall–Kier alpha value is -0.880. The first kappa shape index (κ1) is 11.1. The van der Waals surface area contributed by atoms with Crippen molar-refractivity contribution in [3.63, 3.8) is 0 Å². The van der Waals surface area contributed by atoms with Gasteiger partial charge in [-0.25, -0.2) is 0 Å². The van der Waals surface area contributed by atoms with Crippen molar-refractivity contribution in [3.8, 4) is 23.7 Å². The van der Waals surface area contributed by atoms with Gasteiger partial charge in [-0.3, -0.25) is 0 Å². The molecule has 0 atom stereocenters. The van der Waals surface area contributed by atoms with Gasteiger partial charge >= 0.3 is 0 Å². The maximum Gasteiger partial charge on any atom is 0.0240 e. The average molecular weight is 162 g/mol. The Labute approximate surface area is 76.8 Å². The van der Waals surface area contributed by atoms with Crippen LogP contribution in [-0.2, 0) is 0 Å². The van der Waals surface area contributed by atoms with Crippen molar-refractivity contribution in [2.45, 2.75) is 41.5 Å². The van der Waals surface area contributed by atoms with Crippen LogP contribution in [0.1, 0.15) is 41.5 Å². The van der Waals surface area contributed by atoms with Gasteiger partial charge in [-0.05, 0) is 53.4 Å². The summed E-state index contributed by atoms with van der Waals surface area (Å²) >= 11 is 0. The monoisotopic (exact) mass is 162 g/mol. The van der Waals surface area contributed by atoms with Crippen LogP contribution in [-0.4, -0.2) is 0 Å². The second-order valence-corrected chi connectivity index (χ2v) is 5.00. The molecule has 0 saturated heterocycles. The van der Waals surface area contributed by atoms with E-state index in [1.165, 1.54) is 0 Å². The molecule has 0 bridgehead atoms. The van der Waals surface area contributed by atoms with Gasteiger partial charge in [0.15, 0.2) is 0 Å². The molecule has 0 amide bonds. The fraction of sp³-hybridized carbons (Fsp3) is 0.667. The Morgan fingerprint density at radius 2 is 0.833 bits per heavy atom. The van der Waals surface area contributed by atoms with Crippen molar-refractivity contribution in [1.29, 1.82) is 0 Å². The first-order valence-corrected chi connectivity index (χ1v) is 4.25. The predicted octanol–water partition coefficient (Wildman–Crippen LogP) is 3.09. The second-order valence-electron chi connectivity index (χ2n) is 5.00. The topological polar surface area (TPSA) is 0 Å². The van der Waals surface area contributed by atoms with Crippen LogP contribution in [0, 0.1) is 34.5 Å². The standard InChI is InChI=1S/C12H18/c1-11(2,3)9-7-8-10-12(4,5)6/h1-6H3. The SMILES string of the molecule is CC(C)(C)C#CC#CC(C)(C)C. The molecule has 0 nitrogen and oxygen atoms in total. The van der Waals surface area contributed by atoms with Crippen LogP contribution in [0.15, 0.2) is 0 Å². The summed E-state index contributed by atoms with van der Waals surface area (Å²) in [5.74, 6) is 11.9. The molecule has 0 aromatic carbocycles. The van der Waals surface area contributed by atoms with E-state index in [4.69, 9.17) is 0 Å². The highest BCUT2D eigenvalue weighted by atomic mass is 14.1. The van der Waals surface area contributed by atoms with Gasteiger partial charge in [0.05, 0.1) is 0 Å². The minimum atomic E-state index is 0.0621. The molecule has 0 aliphatic rings. The van der Waals surface area contributed by atoms with Crippen LogP contribution >= 0.6 is 0 Å². The van der Waals surface area contributed by atoms with Crippen LogP contribution < -0.4 is 0 Å². The molecule has 12 heavy (non-hydrogen) atoms. The van der Waals surface area contributed by atoms with Crippen molar-refractivity contribution in [1.82, 2.24) is 0 Å². The van der Waals surface area contributed by atoms with Crippen LogP contribution in [0.4, 0.5) is 0 Å². The molecule has 0 fully saturated rings. The zero-order valence-electron chi connectivity index (χ0n) is 9.00. The lowest BCUT2D eigenvalue weighted by molar-refractivity contribution is 0.569. The predicted molar refractivity (Wildman–Crippen MR) is 54.5 cm³/mol. The Morgan fingerprint density at radius 3 is 1.00 bits per heavy atom. The molecule has 0 N–H and O–H groups in total. The second kappa shape index (κ2) is 3.68. The highest BCUT2D eigenvalue weighted by Gasteiger charge is 2.03. The quantitative estimate of drug-likeness (QED) is 0.480. The normalized spacial score (nSPS) is 10.8. The van der Waals surface area contributed by atoms with Gasteiger partial charge < -0.3 is 0 Å². The third-order valence-corrected chi connectivity index (χ3v) is 0.938. The third-order valence-electron chi connectivity index (χ3n) is 0.938. The van der Waals surface area contributed by atoms with Crippen molar-refractivity contribution in [2.75, 3.05) is 0 Å². The van der Waals surface area contributed by atoms with Gasteiger partial charge in [0.1, 0.15) is 0 Å². The van der Waals surface area contributed by atoms with Gasteiger partial charge in [0.2, 0.25) is 0 Å². The van der Waals surface area contributed by atoms with Gasteiger partial charge in [-0.15, -0.1) is 0 Å². The summed E-state index contributed by atoms with van der Waals surface area (Å²) in [5.41, 5.74) is 0.124. The Kier molecular flexibility index (Phi) is 3.41. The van der Waals surface area contributed by atoms with E-state index in [0.29, 0.717) is 0 Å². The van der Waals surface area contributed by atoms with E-state index in [1.54, 1.807) is 0 Å². The van der Waals surface area contributed by atoms with Crippen LogP contribution in [0.25, 0.3) is 0 Å². The van der Waals surface area contributed by atoms with Crippen molar-refractivity contribution < 1.29 is 0 Å². The number of hydrogen-bond acceptors (Lipinski definition) is 0. The Bertz CT molecular complexity index is 217. The van der Waals surface area contributed by atoms with Crippen LogP contribution in [0.2, 0.25) is 0 Å². The molecule has 66 valence electrons. The van der Waals surface area contributed by atoms with Crippen molar-refractivity contribution in [3.05, 3.63) is 0 Å². The summed E-state index contributed by atoms with van der Waals surface area (Å²) < 4.78 is 0. The largest absolute Gasteiger partial charge is 0.0832 e. The van der Waals surface area contributed by atoms with E-state index in [1.807, 2.05) is 0 Å². The minimum Gasteiger partial charge on any atom is -0.0832 e. The lowest BCUT2D eigenvalue weighted by atomic mass is 9.97. The summed E-state index contributed by atoms with van der Waals surface area (Å²) in [6.45, 7) is 12.5. The molecule has 0 spiro atoms. The van der Waals surface area contributed by atoms with Crippen LogP contribution in [0.5, 0.6) is 0 Å². The van der Waals surface area contributed by atoms with Gasteiger partial charge in [0.25, 0.3) is 0 Å². The highest BCUT2D eigenvalue weighted by Crippen LogP contribution is 2.10. The molecular formula is C12H18. The first-order chi connectivity index (χ1) is 5.21. The van der Waals surface area contributed by atoms with E-state index in [0.717, 1.165) is 0 Å². The fourth-order valence-electron chi connectivity index (χ4n) is 0.438.